The van der Waals surface area contributed by atoms with Crippen LogP contribution in [0, 0.1) is 0 Å². The minimum Gasteiger partial charge on any atom is -0.152 e. The molecule has 2 heteroatoms. The summed E-state index contributed by atoms with van der Waals surface area (Å²) in [4.78, 5) is 0. The largest absolute Gasteiger partial charge is 0.152 e. The van der Waals surface area contributed by atoms with Crippen molar-refractivity contribution < 1.29 is 0 Å². The van der Waals surface area contributed by atoms with Crippen molar-refractivity contribution in [1.29, 1.82) is 0 Å². The van der Waals surface area contributed by atoms with E-state index in [1.807, 2.05) is 6.07 Å². The molecule has 0 fully saturated rings. The van der Waals surface area contributed by atoms with Crippen molar-refractivity contribution in [1.82, 2.24) is 0 Å². The summed E-state index contributed by atoms with van der Waals surface area (Å²) in [6.07, 6.45) is 0.965. The lowest BCUT2D eigenvalue weighted by atomic mass is 10.0. The van der Waals surface area contributed by atoms with Crippen LogP contribution in [0.1, 0.15) is 27.6 Å². The highest BCUT2D eigenvalue weighted by Crippen LogP contribution is 2.30. The van der Waals surface area contributed by atoms with Crippen LogP contribution in [-0.4, -0.2) is 0 Å². The molecule has 0 aliphatic rings. The van der Waals surface area contributed by atoms with Gasteiger partial charge >= 0.3 is 0 Å². The van der Waals surface area contributed by atoms with Crippen molar-refractivity contribution in [2.75, 3.05) is 0 Å². The average Bonchev–Trinajstić information content (AvgIpc) is 3.03. The standard InChI is InChI=1S/C18H15ClS/c19-18(17-10-11-20-13-17)16-8-6-15(7-9-16)12-14-4-2-1-3-5-14/h1-11,13,18H,12H2. The van der Waals surface area contributed by atoms with Crippen molar-refractivity contribution in [3.05, 3.63) is 93.7 Å². The van der Waals surface area contributed by atoms with Crippen LogP contribution in [0.2, 0.25) is 0 Å². The predicted molar refractivity (Wildman–Crippen MR) is 87.7 cm³/mol. The Bertz CT molecular complexity index is 642. The maximum absolute atomic E-state index is 6.49. The van der Waals surface area contributed by atoms with Crippen LogP contribution in [0.5, 0.6) is 0 Å². The van der Waals surface area contributed by atoms with E-state index in [9.17, 15) is 0 Å². The van der Waals surface area contributed by atoms with Crippen molar-refractivity contribution in [2.45, 2.75) is 11.8 Å². The van der Waals surface area contributed by atoms with Gasteiger partial charge in [0, 0.05) is 0 Å². The summed E-state index contributed by atoms with van der Waals surface area (Å²) in [6, 6.07) is 21.2. The molecule has 20 heavy (non-hydrogen) atoms. The second-order valence-electron chi connectivity index (χ2n) is 4.82. The van der Waals surface area contributed by atoms with E-state index in [0.717, 1.165) is 12.0 Å². The Morgan fingerprint density at radius 3 is 2.15 bits per heavy atom. The van der Waals surface area contributed by atoms with Gasteiger partial charge in [0.25, 0.3) is 0 Å². The lowest BCUT2D eigenvalue weighted by Crippen LogP contribution is -1.93. The Hall–Kier alpha value is -1.57. The fourth-order valence-corrected chi connectivity index (χ4v) is 3.29. The minimum absolute atomic E-state index is 0.0491. The van der Waals surface area contributed by atoms with E-state index < -0.39 is 0 Å². The fourth-order valence-electron chi connectivity index (χ4n) is 2.25. The van der Waals surface area contributed by atoms with Gasteiger partial charge in [0.2, 0.25) is 0 Å². The third-order valence-electron chi connectivity index (χ3n) is 3.36. The molecule has 0 bridgehead atoms. The van der Waals surface area contributed by atoms with E-state index in [2.05, 4.69) is 65.4 Å². The van der Waals surface area contributed by atoms with Crippen LogP contribution in [0.4, 0.5) is 0 Å². The normalized spacial score (nSPS) is 12.2. The van der Waals surface area contributed by atoms with Gasteiger partial charge in [-0.2, -0.15) is 11.3 Å². The van der Waals surface area contributed by atoms with Gasteiger partial charge in [-0.3, -0.25) is 0 Å². The summed E-state index contributed by atoms with van der Waals surface area (Å²) in [6.45, 7) is 0. The third kappa shape index (κ3) is 3.12. The van der Waals surface area contributed by atoms with Crippen molar-refractivity contribution in [3.63, 3.8) is 0 Å². The first kappa shape index (κ1) is 13.4. The number of hydrogen-bond donors (Lipinski definition) is 0. The lowest BCUT2D eigenvalue weighted by molar-refractivity contribution is 1.13. The summed E-state index contributed by atoms with van der Waals surface area (Å²) < 4.78 is 0. The molecule has 3 rings (SSSR count). The highest BCUT2D eigenvalue weighted by atomic mass is 35.5. The molecular formula is C18H15ClS. The van der Waals surface area contributed by atoms with Crippen molar-refractivity contribution in [3.8, 4) is 0 Å². The number of hydrogen-bond acceptors (Lipinski definition) is 1. The van der Waals surface area contributed by atoms with Crippen LogP contribution in [0.25, 0.3) is 0 Å². The van der Waals surface area contributed by atoms with Gasteiger partial charge in [0.15, 0.2) is 0 Å². The van der Waals surface area contributed by atoms with Gasteiger partial charge in [-0.05, 0) is 45.5 Å². The first-order valence-corrected chi connectivity index (χ1v) is 8.00. The Morgan fingerprint density at radius 1 is 0.800 bits per heavy atom. The van der Waals surface area contributed by atoms with Gasteiger partial charge in [-0.25, -0.2) is 0 Å². The summed E-state index contributed by atoms with van der Waals surface area (Å²) >= 11 is 8.18. The second kappa shape index (κ2) is 6.25. The number of thiophene rings is 1. The summed E-state index contributed by atoms with van der Waals surface area (Å²) in [7, 11) is 0. The van der Waals surface area contributed by atoms with Crippen molar-refractivity contribution >= 4 is 22.9 Å². The molecule has 1 heterocycles. The fraction of sp³-hybridized carbons (Fsp3) is 0.111. The number of halogens is 1. The summed E-state index contributed by atoms with van der Waals surface area (Å²) in [5, 5.41) is 4.12. The molecule has 0 N–H and O–H groups in total. The molecule has 0 radical (unpaired) electrons. The first-order valence-electron chi connectivity index (χ1n) is 6.62. The van der Waals surface area contributed by atoms with Crippen LogP contribution in [0.3, 0.4) is 0 Å². The van der Waals surface area contributed by atoms with Gasteiger partial charge in [-0.1, -0.05) is 54.6 Å². The van der Waals surface area contributed by atoms with E-state index in [4.69, 9.17) is 11.6 Å². The van der Waals surface area contributed by atoms with E-state index in [1.54, 1.807) is 11.3 Å². The zero-order chi connectivity index (χ0) is 13.8. The van der Waals surface area contributed by atoms with Crippen LogP contribution >= 0.6 is 22.9 Å². The van der Waals surface area contributed by atoms with E-state index in [1.165, 1.54) is 16.7 Å². The van der Waals surface area contributed by atoms with Crippen LogP contribution < -0.4 is 0 Å². The summed E-state index contributed by atoms with van der Waals surface area (Å²) in [5.41, 5.74) is 4.98. The molecule has 1 aromatic heterocycles. The maximum Gasteiger partial charge on any atom is 0.0843 e. The van der Waals surface area contributed by atoms with E-state index in [0.29, 0.717) is 0 Å². The molecule has 0 aliphatic carbocycles. The van der Waals surface area contributed by atoms with Gasteiger partial charge in [0.1, 0.15) is 0 Å². The highest BCUT2D eigenvalue weighted by Gasteiger charge is 2.10. The Balaban J connectivity index is 1.75. The first-order chi connectivity index (χ1) is 9.83. The van der Waals surface area contributed by atoms with Crippen molar-refractivity contribution in [2.24, 2.45) is 0 Å². The molecular weight excluding hydrogens is 284 g/mol. The zero-order valence-electron chi connectivity index (χ0n) is 11.0. The molecule has 0 saturated carbocycles. The Kier molecular flexibility index (Phi) is 4.19. The SMILES string of the molecule is ClC(c1ccc(Cc2ccccc2)cc1)c1ccsc1. The molecule has 3 aromatic rings. The molecule has 0 amide bonds. The van der Waals surface area contributed by atoms with E-state index in [-0.39, 0.29) is 5.38 Å². The molecule has 0 aliphatic heterocycles. The van der Waals surface area contributed by atoms with E-state index >= 15 is 0 Å². The molecule has 0 saturated heterocycles. The molecule has 1 atom stereocenters. The molecule has 0 spiro atoms. The topological polar surface area (TPSA) is 0 Å². The monoisotopic (exact) mass is 298 g/mol. The van der Waals surface area contributed by atoms with Crippen LogP contribution in [-0.2, 0) is 6.42 Å². The van der Waals surface area contributed by atoms with Crippen LogP contribution in [0.15, 0.2) is 71.4 Å². The Labute approximate surface area is 128 Å². The smallest absolute Gasteiger partial charge is 0.0843 e. The molecule has 2 aromatic carbocycles. The Morgan fingerprint density at radius 2 is 1.50 bits per heavy atom. The lowest BCUT2D eigenvalue weighted by Gasteiger charge is -2.09. The quantitative estimate of drug-likeness (QED) is 0.545. The molecule has 1 unspecified atom stereocenters. The molecule has 100 valence electrons. The number of rotatable bonds is 4. The second-order valence-corrected chi connectivity index (χ2v) is 6.04. The highest BCUT2D eigenvalue weighted by molar-refractivity contribution is 7.08. The average molecular weight is 299 g/mol. The minimum atomic E-state index is -0.0491. The van der Waals surface area contributed by atoms with Gasteiger partial charge in [0.05, 0.1) is 5.38 Å². The predicted octanol–water partition coefficient (Wildman–Crippen LogP) is 5.67. The maximum atomic E-state index is 6.49. The summed E-state index contributed by atoms with van der Waals surface area (Å²) in [5.74, 6) is 0. The van der Waals surface area contributed by atoms with Gasteiger partial charge < -0.3 is 0 Å². The zero-order valence-corrected chi connectivity index (χ0v) is 12.6. The molecule has 0 nitrogen and oxygen atoms in total. The number of benzene rings is 2. The third-order valence-corrected chi connectivity index (χ3v) is 4.56. The van der Waals surface area contributed by atoms with Gasteiger partial charge in [-0.15, -0.1) is 11.6 Å². The number of alkyl halides is 1.